The Labute approximate surface area is 171 Å². The van der Waals surface area contributed by atoms with Crippen LogP contribution in [0.2, 0.25) is 0 Å². The number of carbonyl (C=O) groups excluding carboxylic acids is 2. The van der Waals surface area contributed by atoms with Gasteiger partial charge in [0.05, 0.1) is 6.61 Å². The molecule has 0 N–H and O–H groups in total. The fraction of sp³-hybridized carbons (Fsp3) is 0.833. The Morgan fingerprint density at radius 2 is 1.86 bits per heavy atom. The standard InChI is InChI=1S/C24H40O4/c1-17(12-15-27-20(4)25)10-13-23(6)18(2)11-14-24(16-28-21(5)26)19(3)8-7-9-22(23)24/h8,17-18,22H,7,9-16H2,1-6H3/t17-,18-,22-,23+,24-/m0/s1. The van der Waals surface area contributed by atoms with Crippen LogP contribution in [0.15, 0.2) is 11.6 Å². The Morgan fingerprint density at radius 1 is 1.18 bits per heavy atom. The first kappa shape index (κ1) is 23.0. The molecule has 0 bridgehead atoms. The summed E-state index contributed by atoms with van der Waals surface area (Å²) >= 11 is 0. The SMILES string of the molecule is CC(=O)OCC[C@@H](C)CC[C@@]1(C)[C@@H]2CCC=C(C)[C@@]2(COC(C)=O)CC[C@@H]1C. The maximum atomic E-state index is 11.6. The van der Waals surface area contributed by atoms with Gasteiger partial charge in [-0.25, -0.2) is 0 Å². The van der Waals surface area contributed by atoms with E-state index in [4.69, 9.17) is 9.47 Å². The summed E-state index contributed by atoms with van der Waals surface area (Å²) < 4.78 is 10.7. The first-order chi connectivity index (χ1) is 13.1. The fourth-order valence-electron chi connectivity index (χ4n) is 5.74. The maximum Gasteiger partial charge on any atom is 0.302 e. The lowest BCUT2D eigenvalue weighted by molar-refractivity contribution is -0.151. The third-order valence-electron chi connectivity index (χ3n) is 7.93. The van der Waals surface area contributed by atoms with Crippen LogP contribution in [0, 0.1) is 28.6 Å². The van der Waals surface area contributed by atoms with Gasteiger partial charge in [-0.05, 0) is 68.6 Å². The van der Waals surface area contributed by atoms with Crippen molar-refractivity contribution in [1.82, 2.24) is 0 Å². The molecule has 0 radical (unpaired) electrons. The first-order valence-electron chi connectivity index (χ1n) is 11.1. The average Bonchev–Trinajstić information content (AvgIpc) is 2.62. The number of carbonyl (C=O) groups is 2. The smallest absolute Gasteiger partial charge is 0.302 e. The predicted octanol–water partition coefficient (Wildman–Crippen LogP) is 5.70. The minimum absolute atomic E-state index is 0.00611. The van der Waals surface area contributed by atoms with Crippen molar-refractivity contribution in [2.45, 2.75) is 86.5 Å². The molecule has 2 rings (SSSR count). The third kappa shape index (κ3) is 4.99. The predicted molar refractivity (Wildman–Crippen MR) is 112 cm³/mol. The van der Waals surface area contributed by atoms with Gasteiger partial charge in [-0.2, -0.15) is 0 Å². The largest absolute Gasteiger partial charge is 0.466 e. The average molecular weight is 393 g/mol. The lowest BCUT2D eigenvalue weighted by atomic mass is 9.46. The van der Waals surface area contributed by atoms with E-state index in [1.807, 2.05) is 0 Å². The normalized spacial score (nSPS) is 33.4. The number of allylic oxidation sites excluding steroid dienone is 1. The number of rotatable bonds is 8. The van der Waals surface area contributed by atoms with Crippen molar-refractivity contribution in [3.05, 3.63) is 11.6 Å². The van der Waals surface area contributed by atoms with E-state index in [2.05, 4.69) is 33.8 Å². The van der Waals surface area contributed by atoms with Crippen molar-refractivity contribution >= 4 is 11.9 Å². The fourth-order valence-corrected chi connectivity index (χ4v) is 5.74. The molecule has 2 aliphatic rings. The van der Waals surface area contributed by atoms with Gasteiger partial charge in [0.25, 0.3) is 0 Å². The van der Waals surface area contributed by atoms with Crippen LogP contribution in [0.5, 0.6) is 0 Å². The maximum absolute atomic E-state index is 11.6. The van der Waals surface area contributed by atoms with Gasteiger partial charge in [-0.3, -0.25) is 9.59 Å². The van der Waals surface area contributed by atoms with Gasteiger partial charge in [0.1, 0.15) is 6.61 Å². The molecule has 2 aliphatic carbocycles. The second kappa shape index (κ2) is 9.45. The molecule has 1 fully saturated rings. The zero-order chi connectivity index (χ0) is 20.9. The molecule has 5 atom stereocenters. The van der Waals surface area contributed by atoms with E-state index in [1.165, 1.54) is 38.7 Å². The Balaban J connectivity index is 2.13. The zero-order valence-electron chi connectivity index (χ0n) is 18.8. The van der Waals surface area contributed by atoms with Crippen LogP contribution in [0.4, 0.5) is 0 Å². The van der Waals surface area contributed by atoms with Crippen LogP contribution in [0.3, 0.4) is 0 Å². The second-order valence-corrected chi connectivity index (χ2v) is 9.67. The van der Waals surface area contributed by atoms with E-state index < -0.39 is 0 Å². The molecule has 4 nitrogen and oxygen atoms in total. The summed E-state index contributed by atoms with van der Waals surface area (Å²) in [5, 5.41) is 0. The highest BCUT2D eigenvalue weighted by molar-refractivity contribution is 5.66. The molecule has 0 aliphatic heterocycles. The number of hydrogen-bond donors (Lipinski definition) is 0. The Bertz CT molecular complexity index is 595. The third-order valence-corrected chi connectivity index (χ3v) is 7.93. The molecule has 160 valence electrons. The molecule has 0 heterocycles. The van der Waals surface area contributed by atoms with Gasteiger partial charge in [0.15, 0.2) is 0 Å². The second-order valence-electron chi connectivity index (χ2n) is 9.67. The van der Waals surface area contributed by atoms with Crippen molar-refractivity contribution in [3.8, 4) is 0 Å². The molecular formula is C24H40O4. The van der Waals surface area contributed by atoms with Gasteiger partial charge in [-0.15, -0.1) is 0 Å². The van der Waals surface area contributed by atoms with Crippen molar-refractivity contribution in [3.63, 3.8) is 0 Å². The molecule has 0 aromatic rings. The van der Waals surface area contributed by atoms with Gasteiger partial charge in [0, 0.05) is 19.3 Å². The van der Waals surface area contributed by atoms with Gasteiger partial charge < -0.3 is 9.47 Å². The molecular weight excluding hydrogens is 352 g/mol. The van der Waals surface area contributed by atoms with Crippen LogP contribution in [-0.2, 0) is 19.1 Å². The molecule has 1 saturated carbocycles. The van der Waals surface area contributed by atoms with Gasteiger partial charge >= 0.3 is 11.9 Å². The molecule has 0 saturated heterocycles. The quantitative estimate of drug-likeness (QED) is 0.393. The number of ether oxygens (including phenoxy) is 2. The van der Waals surface area contributed by atoms with Crippen molar-refractivity contribution in [2.75, 3.05) is 13.2 Å². The van der Waals surface area contributed by atoms with Crippen LogP contribution >= 0.6 is 0 Å². The van der Waals surface area contributed by atoms with Gasteiger partial charge in [0.2, 0.25) is 0 Å². The van der Waals surface area contributed by atoms with E-state index >= 15 is 0 Å². The Kier molecular flexibility index (Phi) is 7.75. The highest BCUT2D eigenvalue weighted by Crippen LogP contribution is 2.62. The Morgan fingerprint density at radius 3 is 2.50 bits per heavy atom. The summed E-state index contributed by atoms with van der Waals surface area (Å²) in [6.07, 6.45) is 10.2. The van der Waals surface area contributed by atoms with E-state index in [0.29, 0.717) is 31.0 Å². The summed E-state index contributed by atoms with van der Waals surface area (Å²) in [4.78, 5) is 22.6. The summed E-state index contributed by atoms with van der Waals surface area (Å²) in [6.45, 7) is 13.4. The van der Waals surface area contributed by atoms with Crippen LogP contribution in [-0.4, -0.2) is 25.2 Å². The van der Waals surface area contributed by atoms with E-state index in [9.17, 15) is 9.59 Å². The van der Waals surface area contributed by atoms with Crippen LogP contribution in [0.1, 0.15) is 86.5 Å². The number of fused-ring (bicyclic) bond motifs is 1. The van der Waals surface area contributed by atoms with Crippen LogP contribution < -0.4 is 0 Å². The Hall–Kier alpha value is -1.32. The molecule has 0 aromatic carbocycles. The van der Waals surface area contributed by atoms with E-state index in [0.717, 1.165) is 25.7 Å². The van der Waals surface area contributed by atoms with E-state index in [1.54, 1.807) is 0 Å². The monoisotopic (exact) mass is 392 g/mol. The highest BCUT2D eigenvalue weighted by Gasteiger charge is 2.55. The molecule has 0 amide bonds. The molecule has 28 heavy (non-hydrogen) atoms. The van der Waals surface area contributed by atoms with E-state index in [-0.39, 0.29) is 22.8 Å². The van der Waals surface area contributed by atoms with Crippen LogP contribution in [0.25, 0.3) is 0 Å². The lowest BCUT2D eigenvalue weighted by Gasteiger charge is -2.59. The molecule has 0 unspecified atom stereocenters. The minimum atomic E-state index is -0.195. The minimum Gasteiger partial charge on any atom is -0.466 e. The zero-order valence-corrected chi connectivity index (χ0v) is 18.8. The summed E-state index contributed by atoms with van der Waals surface area (Å²) in [5.74, 6) is 1.38. The molecule has 4 heteroatoms. The summed E-state index contributed by atoms with van der Waals surface area (Å²) in [5.41, 5.74) is 1.67. The first-order valence-corrected chi connectivity index (χ1v) is 11.1. The summed E-state index contributed by atoms with van der Waals surface area (Å²) in [7, 11) is 0. The summed E-state index contributed by atoms with van der Waals surface area (Å²) in [6, 6.07) is 0. The topological polar surface area (TPSA) is 52.6 Å². The molecule has 0 aromatic heterocycles. The number of esters is 2. The molecule has 0 spiro atoms. The van der Waals surface area contributed by atoms with Crippen molar-refractivity contribution < 1.29 is 19.1 Å². The van der Waals surface area contributed by atoms with Crippen molar-refractivity contribution in [2.24, 2.45) is 28.6 Å². The number of hydrogen-bond acceptors (Lipinski definition) is 4. The van der Waals surface area contributed by atoms with Crippen molar-refractivity contribution in [1.29, 1.82) is 0 Å². The highest BCUT2D eigenvalue weighted by atomic mass is 16.5. The lowest BCUT2D eigenvalue weighted by Crippen LogP contribution is -2.53. The van der Waals surface area contributed by atoms with Gasteiger partial charge in [-0.1, -0.05) is 38.8 Å².